The summed E-state index contributed by atoms with van der Waals surface area (Å²) < 4.78 is 10.7. The quantitative estimate of drug-likeness (QED) is 0.906. The third-order valence-corrected chi connectivity index (χ3v) is 4.36. The van der Waals surface area contributed by atoms with Crippen LogP contribution in [0.4, 0.5) is 0 Å². The van der Waals surface area contributed by atoms with Gasteiger partial charge in [-0.15, -0.1) is 0 Å². The molecule has 0 radical (unpaired) electrons. The van der Waals surface area contributed by atoms with Gasteiger partial charge in [0.25, 0.3) is 0 Å². The molecule has 2 rings (SSSR count). The molecule has 4 nitrogen and oxygen atoms in total. The van der Waals surface area contributed by atoms with Gasteiger partial charge in [0.1, 0.15) is 11.5 Å². The van der Waals surface area contributed by atoms with E-state index in [1.807, 2.05) is 18.2 Å². The van der Waals surface area contributed by atoms with Gasteiger partial charge in [-0.3, -0.25) is 0 Å². The molecule has 1 aromatic carbocycles. The van der Waals surface area contributed by atoms with Gasteiger partial charge >= 0.3 is 0 Å². The Balaban J connectivity index is 2.23. The van der Waals surface area contributed by atoms with Gasteiger partial charge in [0.15, 0.2) is 0 Å². The third kappa shape index (κ3) is 3.69. The standard InChI is InChI=1S/C17H27NO3/c1-4-10-18-11-5-8-17(19,9-12-18)15-7-6-14(20-2)13-16(15)21-3/h6-7,13,19H,4-5,8-12H2,1-3H3. The molecule has 1 aliphatic rings. The van der Waals surface area contributed by atoms with Gasteiger partial charge in [-0.1, -0.05) is 6.92 Å². The Labute approximate surface area is 127 Å². The smallest absolute Gasteiger partial charge is 0.128 e. The summed E-state index contributed by atoms with van der Waals surface area (Å²) in [6.07, 6.45) is 3.68. The molecule has 1 N–H and O–H groups in total. The average molecular weight is 293 g/mol. The first-order valence-electron chi connectivity index (χ1n) is 7.80. The Morgan fingerprint density at radius 3 is 2.67 bits per heavy atom. The lowest BCUT2D eigenvalue weighted by molar-refractivity contribution is 0.0190. The second kappa shape index (κ2) is 7.14. The second-order valence-electron chi connectivity index (χ2n) is 5.79. The lowest BCUT2D eigenvalue weighted by Crippen LogP contribution is -2.30. The Morgan fingerprint density at radius 1 is 1.19 bits per heavy atom. The van der Waals surface area contributed by atoms with Crippen LogP contribution in [-0.4, -0.2) is 43.9 Å². The summed E-state index contributed by atoms with van der Waals surface area (Å²) in [5.41, 5.74) is 0.0734. The third-order valence-electron chi connectivity index (χ3n) is 4.36. The number of methoxy groups -OCH3 is 2. The summed E-state index contributed by atoms with van der Waals surface area (Å²) in [4.78, 5) is 2.44. The fourth-order valence-electron chi connectivity index (χ4n) is 3.17. The molecule has 1 aromatic rings. The lowest BCUT2D eigenvalue weighted by Gasteiger charge is -2.29. The maximum atomic E-state index is 11.1. The van der Waals surface area contributed by atoms with E-state index in [2.05, 4.69) is 11.8 Å². The monoisotopic (exact) mass is 293 g/mol. The normalized spacial score (nSPS) is 23.6. The number of hydrogen-bond donors (Lipinski definition) is 1. The van der Waals surface area contributed by atoms with Crippen LogP contribution in [0.25, 0.3) is 0 Å². The van der Waals surface area contributed by atoms with Crippen LogP contribution in [0.5, 0.6) is 11.5 Å². The van der Waals surface area contributed by atoms with E-state index >= 15 is 0 Å². The molecule has 1 unspecified atom stereocenters. The maximum absolute atomic E-state index is 11.1. The molecule has 1 aliphatic heterocycles. The molecule has 0 spiro atoms. The molecule has 1 saturated heterocycles. The van der Waals surface area contributed by atoms with Crippen LogP contribution in [-0.2, 0) is 5.60 Å². The van der Waals surface area contributed by atoms with Crippen LogP contribution in [0.3, 0.4) is 0 Å². The van der Waals surface area contributed by atoms with E-state index in [1.54, 1.807) is 14.2 Å². The van der Waals surface area contributed by atoms with Crippen LogP contribution < -0.4 is 9.47 Å². The zero-order valence-corrected chi connectivity index (χ0v) is 13.4. The average Bonchev–Trinajstić information content (AvgIpc) is 2.70. The number of aliphatic hydroxyl groups is 1. The Bertz CT molecular complexity index is 463. The molecule has 1 fully saturated rings. The first kappa shape index (κ1) is 16.1. The van der Waals surface area contributed by atoms with Crippen molar-refractivity contribution in [3.63, 3.8) is 0 Å². The summed E-state index contributed by atoms with van der Waals surface area (Å²) >= 11 is 0. The number of benzene rings is 1. The fraction of sp³-hybridized carbons (Fsp3) is 0.647. The predicted octanol–water partition coefficient (Wildman–Crippen LogP) is 2.79. The number of hydrogen-bond acceptors (Lipinski definition) is 4. The zero-order valence-electron chi connectivity index (χ0n) is 13.4. The molecule has 118 valence electrons. The molecule has 0 amide bonds. The molecule has 4 heteroatoms. The lowest BCUT2D eigenvalue weighted by atomic mass is 9.86. The summed E-state index contributed by atoms with van der Waals surface area (Å²) in [5.74, 6) is 1.46. The number of ether oxygens (including phenoxy) is 2. The van der Waals surface area contributed by atoms with E-state index < -0.39 is 5.60 Å². The molecule has 0 aliphatic carbocycles. The highest BCUT2D eigenvalue weighted by molar-refractivity contribution is 5.44. The largest absolute Gasteiger partial charge is 0.497 e. The number of rotatable bonds is 5. The summed E-state index contributed by atoms with van der Waals surface area (Å²) in [6.45, 7) is 5.30. The van der Waals surface area contributed by atoms with Gasteiger partial charge in [-0.25, -0.2) is 0 Å². The molecule has 0 saturated carbocycles. The molecule has 0 aromatic heterocycles. The minimum Gasteiger partial charge on any atom is -0.497 e. The van der Waals surface area contributed by atoms with Crippen molar-refractivity contribution in [3.8, 4) is 11.5 Å². The fourth-order valence-corrected chi connectivity index (χ4v) is 3.17. The zero-order chi connectivity index (χ0) is 15.3. The van der Waals surface area contributed by atoms with E-state index in [4.69, 9.17) is 9.47 Å². The van der Waals surface area contributed by atoms with Crippen molar-refractivity contribution in [1.29, 1.82) is 0 Å². The number of nitrogens with zero attached hydrogens (tertiary/aromatic N) is 1. The minimum absolute atomic E-state index is 0.709. The van der Waals surface area contributed by atoms with Gasteiger partial charge in [0, 0.05) is 18.2 Å². The van der Waals surface area contributed by atoms with E-state index in [-0.39, 0.29) is 0 Å². The van der Waals surface area contributed by atoms with Crippen molar-refractivity contribution >= 4 is 0 Å². The molecule has 0 bridgehead atoms. The van der Waals surface area contributed by atoms with Gasteiger partial charge in [-0.2, -0.15) is 0 Å². The summed E-state index contributed by atoms with van der Waals surface area (Å²) in [6, 6.07) is 5.68. The van der Waals surface area contributed by atoms with Crippen LogP contribution in [0, 0.1) is 0 Å². The van der Waals surface area contributed by atoms with Crippen LogP contribution in [0.2, 0.25) is 0 Å². The second-order valence-corrected chi connectivity index (χ2v) is 5.79. The molecule has 1 atom stereocenters. The molecular weight excluding hydrogens is 266 g/mol. The van der Waals surface area contributed by atoms with Crippen molar-refractivity contribution in [2.45, 2.75) is 38.2 Å². The van der Waals surface area contributed by atoms with Crippen molar-refractivity contribution in [2.24, 2.45) is 0 Å². The van der Waals surface area contributed by atoms with E-state index in [1.165, 1.54) is 0 Å². The van der Waals surface area contributed by atoms with Gasteiger partial charge in [0.05, 0.1) is 19.8 Å². The van der Waals surface area contributed by atoms with E-state index in [9.17, 15) is 5.11 Å². The first-order valence-corrected chi connectivity index (χ1v) is 7.80. The highest BCUT2D eigenvalue weighted by Gasteiger charge is 2.34. The van der Waals surface area contributed by atoms with Crippen molar-refractivity contribution in [3.05, 3.63) is 23.8 Å². The van der Waals surface area contributed by atoms with Crippen LogP contribution in [0.15, 0.2) is 18.2 Å². The highest BCUT2D eigenvalue weighted by Crippen LogP contribution is 2.39. The van der Waals surface area contributed by atoms with Crippen molar-refractivity contribution < 1.29 is 14.6 Å². The van der Waals surface area contributed by atoms with Crippen molar-refractivity contribution in [2.75, 3.05) is 33.9 Å². The van der Waals surface area contributed by atoms with E-state index in [0.717, 1.165) is 56.6 Å². The number of likely N-dealkylation sites (tertiary alicyclic amines) is 1. The predicted molar refractivity (Wildman–Crippen MR) is 84.0 cm³/mol. The SMILES string of the molecule is CCCN1CCCC(O)(c2ccc(OC)cc2OC)CC1. The Hall–Kier alpha value is -1.26. The molecular formula is C17H27NO3. The van der Waals surface area contributed by atoms with Crippen LogP contribution in [0.1, 0.15) is 38.2 Å². The molecule has 21 heavy (non-hydrogen) atoms. The Morgan fingerprint density at radius 2 is 2.00 bits per heavy atom. The molecule has 1 heterocycles. The maximum Gasteiger partial charge on any atom is 0.128 e. The highest BCUT2D eigenvalue weighted by atomic mass is 16.5. The van der Waals surface area contributed by atoms with Gasteiger partial charge in [0.2, 0.25) is 0 Å². The van der Waals surface area contributed by atoms with Gasteiger partial charge in [-0.05, 0) is 50.9 Å². The van der Waals surface area contributed by atoms with Crippen LogP contribution >= 0.6 is 0 Å². The van der Waals surface area contributed by atoms with Crippen molar-refractivity contribution in [1.82, 2.24) is 4.90 Å². The summed E-state index contributed by atoms with van der Waals surface area (Å²) in [7, 11) is 3.28. The topological polar surface area (TPSA) is 41.9 Å². The first-order chi connectivity index (χ1) is 10.1. The summed E-state index contributed by atoms with van der Waals surface area (Å²) in [5, 5.41) is 11.1. The van der Waals surface area contributed by atoms with Gasteiger partial charge < -0.3 is 19.5 Å². The minimum atomic E-state index is -0.805. The Kier molecular flexibility index (Phi) is 5.48. The van der Waals surface area contributed by atoms with E-state index in [0.29, 0.717) is 5.75 Å².